The van der Waals surface area contributed by atoms with Gasteiger partial charge in [-0.2, -0.15) is 0 Å². The zero-order chi connectivity index (χ0) is 14.4. The molecule has 2 aromatic carbocycles. The highest BCUT2D eigenvalue weighted by Gasteiger charge is 2.16. The lowest BCUT2D eigenvalue weighted by molar-refractivity contribution is 0.543. The van der Waals surface area contributed by atoms with Crippen molar-refractivity contribution in [2.45, 2.75) is 19.3 Å². The van der Waals surface area contributed by atoms with E-state index < -0.39 is 0 Å². The summed E-state index contributed by atoms with van der Waals surface area (Å²) in [5, 5.41) is 3.25. The van der Waals surface area contributed by atoms with Gasteiger partial charge in [0.1, 0.15) is 11.6 Å². The second-order valence-corrected chi connectivity index (χ2v) is 4.86. The van der Waals surface area contributed by atoms with E-state index in [-0.39, 0.29) is 17.6 Å². The van der Waals surface area contributed by atoms with Crippen molar-refractivity contribution < 1.29 is 8.78 Å². The van der Waals surface area contributed by atoms with Crippen LogP contribution in [0.2, 0.25) is 0 Å². The van der Waals surface area contributed by atoms with Crippen LogP contribution in [0.4, 0.5) is 8.78 Å². The molecule has 0 fully saturated rings. The highest BCUT2D eigenvalue weighted by atomic mass is 19.1. The first-order valence-corrected chi connectivity index (χ1v) is 6.90. The number of hydrogen-bond acceptors (Lipinski definition) is 1. The lowest BCUT2D eigenvalue weighted by atomic mass is 9.91. The highest BCUT2D eigenvalue weighted by molar-refractivity contribution is 5.26. The summed E-state index contributed by atoms with van der Waals surface area (Å²) in [5.74, 6) is -0.456. The monoisotopic (exact) mass is 275 g/mol. The van der Waals surface area contributed by atoms with E-state index in [1.807, 2.05) is 19.1 Å². The van der Waals surface area contributed by atoms with Gasteiger partial charge in [0.15, 0.2) is 0 Å². The number of nitrogens with one attached hydrogen (secondary N) is 1. The second kappa shape index (κ2) is 7.15. The molecule has 0 bridgehead atoms. The first kappa shape index (κ1) is 14.7. The minimum atomic E-state index is -0.252. The van der Waals surface area contributed by atoms with Crippen LogP contribution >= 0.6 is 0 Å². The zero-order valence-electron chi connectivity index (χ0n) is 11.6. The summed E-state index contributed by atoms with van der Waals surface area (Å²) in [6.45, 7) is 3.52. The summed E-state index contributed by atoms with van der Waals surface area (Å²) >= 11 is 0. The molecule has 3 heteroatoms. The number of likely N-dealkylation sites (N-methyl/N-ethyl adjacent to an activating group) is 1. The standard InChI is InChI=1S/C17H19F2N/c1-2-20-12-14(16-8-3-4-9-17(16)19)10-13-6-5-7-15(18)11-13/h3-9,11,14,20H,2,10,12H2,1H3. The number of halogens is 2. The minimum absolute atomic E-state index is 0.00190. The molecule has 2 rings (SSSR count). The fraction of sp³-hybridized carbons (Fsp3) is 0.294. The Morgan fingerprint density at radius 3 is 2.55 bits per heavy atom. The van der Waals surface area contributed by atoms with Crippen molar-refractivity contribution in [1.82, 2.24) is 5.32 Å². The van der Waals surface area contributed by atoms with Gasteiger partial charge in [0, 0.05) is 12.5 Å². The lowest BCUT2D eigenvalue weighted by Crippen LogP contribution is -2.23. The maximum absolute atomic E-state index is 13.9. The Morgan fingerprint density at radius 2 is 1.85 bits per heavy atom. The van der Waals surface area contributed by atoms with Gasteiger partial charge in [-0.15, -0.1) is 0 Å². The van der Waals surface area contributed by atoms with Crippen LogP contribution < -0.4 is 5.32 Å². The van der Waals surface area contributed by atoms with Crippen LogP contribution in [-0.4, -0.2) is 13.1 Å². The molecular formula is C17H19F2N. The van der Waals surface area contributed by atoms with E-state index in [9.17, 15) is 8.78 Å². The van der Waals surface area contributed by atoms with Crippen LogP contribution in [0, 0.1) is 11.6 Å². The van der Waals surface area contributed by atoms with Gasteiger partial charge in [0.25, 0.3) is 0 Å². The Labute approximate surface area is 118 Å². The van der Waals surface area contributed by atoms with Gasteiger partial charge < -0.3 is 5.32 Å². The molecule has 0 radical (unpaired) electrons. The lowest BCUT2D eigenvalue weighted by Gasteiger charge is -2.18. The van der Waals surface area contributed by atoms with E-state index >= 15 is 0 Å². The Morgan fingerprint density at radius 1 is 1.05 bits per heavy atom. The Kier molecular flexibility index (Phi) is 5.24. The van der Waals surface area contributed by atoms with E-state index in [1.165, 1.54) is 18.2 Å². The maximum Gasteiger partial charge on any atom is 0.126 e. The fourth-order valence-corrected chi connectivity index (χ4v) is 2.37. The fourth-order valence-electron chi connectivity index (χ4n) is 2.37. The third-order valence-corrected chi connectivity index (χ3v) is 3.36. The van der Waals surface area contributed by atoms with Crippen molar-refractivity contribution in [2.75, 3.05) is 13.1 Å². The smallest absolute Gasteiger partial charge is 0.126 e. The summed E-state index contributed by atoms with van der Waals surface area (Å²) in [6, 6.07) is 13.3. The van der Waals surface area contributed by atoms with Crippen LogP contribution in [0.15, 0.2) is 48.5 Å². The Balaban J connectivity index is 2.22. The van der Waals surface area contributed by atoms with Crippen molar-refractivity contribution in [3.05, 3.63) is 71.3 Å². The predicted molar refractivity (Wildman–Crippen MR) is 77.8 cm³/mol. The van der Waals surface area contributed by atoms with Gasteiger partial charge in [-0.05, 0) is 42.3 Å². The quantitative estimate of drug-likeness (QED) is 0.843. The molecule has 0 aliphatic carbocycles. The topological polar surface area (TPSA) is 12.0 Å². The molecule has 0 aliphatic heterocycles. The summed E-state index contributed by atoms with van der Waals surface area (Å²) in [5.41, 5.74) is 1.56. The van der Waals surface area contributed by atoms with Crippen molar-refractivity contribution in [2.24, 2.45) is 0 Å². The first-order chi connectivity index (χ1) is 9.70. The highest BCUT2D eigenvalue weighted by Crippen LogP contribution is 2.23. The molecule has 2 aromatic rings. The van der Waals surface area contributed by atoms with Gasteiger partial charge >= 0.3 is 0 Å². The van der Waals surface area contributed by atoms with Crippen LogP contribution in [0.3, 0.4) is 0 Å². The van der Waals surface area contributed by atoms with Gasteiger partial charge in [-0.3, -0.25) is 0 Å². The van der Waals surface area contributed by atoms with Crippen molar-refractivity contribution in [1.29, 1.82) is 0 Å². The molecule has 0 aliphatic rings. The number of rotatable bonds is 6. The van der Waals surface area contributed by atoms with E-state index in [1.54, 1.807) is 18.2 Å². The normalized spacial score (nSPS) is 12.3. The average molecular weight is 275 g/mol. The Hall–Kier alpha value is -1.74. The van der Waals surface area contributed by atoms with Crippen molar-refractivity contribution in [3.63, 3.8) is 0 Å². The molecule has 0 heterocycles. The molecule has 0 amide bonds. The van der Waals surface area contributed by atoms with E-state index in [0.717, 1.165) is 12.1 Å². The van der Waals surface area contributed by atoms with Crippen LogP contribution in [0.5, 0.6) is 0 Å². The van der Waals surface area contributed by atoms with E-state index in [0.29, 0.717) is 18.5 Å². The number of benzene rings is 2. The molecule has 1 nitrogen and oxygen atoms in total. The summed E-state index contributed by atoms with van der Waals surface area (Å²) in [7, 11) is 0. The molecule has 1 atom stereocenters. The predicted octanol–water partition coefficient (Wildman–Crippen LogP) is 3.90. The van der Waals surface area contributed by atoms with E-state index in [4.69, 9.17) is 0 Å². The van der Waals surface area contributed by atoms with Crippen LogP contribution in [0.25, 0.3) is 0 Å². The summed E-state index contributed by atoms with van der Waals surface area (Å²) < 4.78 is 27.2. The number of hydrogen-bond donors (Lipinski definition) is 1. The van der Waals surface area contributed by atoms with Gasteiger partial charge in [0.05, 0.1) is 0 Å². The van der Waals surface area contributed by atoms with Gasteiger partial charge in [-0.1, -0.05) is 37.3 Å². The third kappa shape index (κ3) is 3.87. The van der Waals surface area contributed by atoms with Crippen molar-refractivity contribution >= 4 is 0 Å². The maximum atomic E-state index is 13.9. The average Bonchev–Trinajstić information content (AvgIpc) is 2.44. The zero-order valence-corrected chi connectivity index (χ0v) is 11.6. The molecule has 0 spiro atoms. The van der Waals surface area contributed by atoms with E-state index in [2.05, 4.69) is 5.32 Å². The third-order valence-electron chi connectivity index (χ3n) is 3.36. The van der Waals surface area contributed by atoms with Crippen LogP contribution in [-0.2, 0) is 6.42 Å². The van der Waals surface area contributed by atoms with Gasteiger partial charge in [0.2, 0.25) is 0 Å². The first-order valence-electron chi connectivity index (χ1n) is 6.90. The molecule has 106 valence electrons. The Bertz CT molecular complexity index is 554. The summed E-state index contributed by atoms with van der Waals surface area (Å²) in [4.78, 5) is 0. The minimum Gasteiger partial charge on any atom is -0.316 e. The molecular weight excluding hydrogens is 256 g/mol. The second-order valence-electron chi connectivity index (χ2n) is 4.86. The van der Waals surface area contributed by atoms with Gasteiger partial charge in [-0.25, -0.2) is 8.78 Å². The molecule has 1 unspecified atom stereocenters. The molecule has 0 saturated heterocycles. The molecule has 1 N–H and O–H groups in total. The van der Waals surface area contributed by atoms with Crippen molar-refractivity contribution in [3.8, 4) is 0 Å². The largest absolute Gasteiger partial charge is 0.316 e. The molecule has 20 heavy (non-hydrogen) atoms. The molecule has 0 saturated carbocycles. The molecule has 0 aromatic heterocycles. The SMILES string of the molecule is CCNCC(Cc1cccc(F)c1)c1ccccc1F. The van der Waals surface area contributed by atoms with Crippen LogP contribution in [0.1, 0.15) is 24.0 Å². The summed E-state index contributed by atoms with van der Waals surface area (Å²) in [6.07, 6.45) is 0.617.